The SMILES string of the molecule is C[C@H](C(=O)Nc1cc(F)ccc1F)[NH+]1CCOCC1. The van der Waals surface area contributed by atoms with E-state index in [-0.39, 0.29) is 17.6 Å². The lowest BCUT2D eigenvalue weighted by atomic mass is 10.2. The summed E-state index contributed by atoms with van der Waals surface area (Å²) in [7, 11) is 0. The number of rotatable bonds is 3. The third-order valence-corrected chi connectivity index (χ3v) is 3.33. The lowest BCUT2D eigenvalue weighted by Gasteiger charge is -2.28. The molecule has 0 spiro atoms. The van der Waals surface area contributed by atoms with Crippen molar-refractivity contribution in [2.24, 2.45) is 0 Å². The standard InChI is InChI=1S/C13H16F2N2O2/c1-9(17-4-6-19-7-5-17)13(18)16-12-8-10(14)2-3-11(12)15/h2-3,8-9H,4-7H2,1H3,(H,16,18)/p+1/t9-/m1/s1. The van der Waals surface area contributed by atoms with Gasteiger partial charge in [0.25, 0.3) is 5.91 Å². The molecule has 1 aliphatic heterocycles. The van der Waals surface area contributed by atoms with E-state index < -0.39 is 11.6 Å². The number of ether oxygens (including phenoxy) is 1. The lowest BCUT2D eigenvalue weighted by molar-refractivity contribution is -0.921. The highest BCUT2D eigenvalue weighted by atomic mass is 19.1. The normalized spacial score (nSPS) is 18.1. The van der Waals surface area contributed by atoms with Crippen molar-refractivity contribution in [1.82, 2.24) is 0 Å². The Labute approximate surface area is 110 Å². The minimum absolute atomic E-state index is 0.121. The predicted octanol–water partition coefficient (Wildman–Crippen LogP) is 0.207. The summed E-state index contributed by atoms with van der Waals surface area (Å²) in [5.74, 6) is -1.54. The Morgan fingerprint density at radius 1 is 1.37 bits per heavy atom. The summed E-state index contributed by atoms with van der Waals surface area (Å²) < 4.78 is 31.7. The van der Waals surface area contributed by atoms with E-state index in [1.54, 1.807) is 6.92 Å². The zero-order valence-corrected chi connectivity index (χ0v) is 10.7. The first-order valence-corrected chi connectivity index (χ1v) is 6.26. The fourth-order valence-electron chi connectivity index (χ4n) is 2.09. The number of anilines is 1. The first-order valence-electron chi connectivity index (χ1n) is 6.26. The van der Waals surface area contributed by atoms with Gasteiger partial charge in [-0.05, 0) is 19.1 Å². The molecule has 1 saturated heterocycles. The molecule has 1 aliphatic rings. The molecule has 1 fully saturated rings. The van der Waals surface area contributed by atoms with E-state index in [9.17, 15) is 13.6 Å². The molecule has 1 atom stereocenters. The molecule has 0 bridgehead atoms. The second kappa shape index (κ2) is 6.08. The molecular formula is C13H17F2N2O2+. The Kier molecular flexibility index (Phi) is 4.44. The van der Waals surface area contributed by atoms with Gasteiger partial charge in [0.2, 0.25) is 0 Å². The number of nitrogens with one attached hydrogen (secondary N) is 2. The number of quaternary nitrogens is 1. The van der Waals surface area contributed by atoms with Gasteiger partial charge in [0.15, 0.2) is 6.04 Å². The third kappa shape index (κ3) is 3.48. The summed E-state index contributed by atoms with van der Waals surface area (Å²) in [4.78, 5) is 13.1. The molecule has 6 heteroatoms. The number of morpholine rings is 1. The molecule has 0 saturated carbocycles. The monoisotopic (exact) mass is 271 g/mol. The van der Waals surface area contributed by atoms with Crippen LogP contribution in [0.1, 0.15) is 6.92 Å². The summed E-state index contributed by atoms with van der Waals surface area (Å²) in [6.45, 7) is 4.47. The Morgan fingerprint density at radius 2 is 2.05 bits per heavy atom. The van der Waals surface area contributed by atoms with Crippen molar-refractivity contribution in [2.75, 3.05) is 31.6 Å². The molecule has 2 rings (SSSR count). The van der Waals surface area contributed by atoms with Gasteiger partial charge in [-0.3, -0.25) is 4.79 Å². The van der Waals surface area contributed by atoms with Crippen molar-refractivity contribution >= 4 is 11.6 Å². The number of benzene rings is 1. The van der Waals surface area contributed by atoms with Gasteiger partial charge in [0.05, 0.1) is 18.9 Å². The highest BCUT2D eigenvalue weighted by molar-refractivity contribution is 5.93. The highest BCUT2D eigenvalue weighted by Gasteiger charge is 2.27. The number of hydrogen-bond acceptors (Lipinski definition) is 2. The molecule has 1 aromatic rings. The van der Waals surface area contributed by atoms with Gasteiger partial charge in [0.1, 0.15) is 24.7 Å². The van der Waals surface area contributed by atoms with E-state index in [2.05, 4.69) is 5.32 Å². The van der Waals surface area contributed by atoms with Crippen molar-refractivity contribution in [2.45, 2.75) is 13.0 Å². The van der Waals surface area contributed by atoms with Crippen LogP contribution in [0.25, 0.3) is 0 Å². The Morgan fingerprint density at radius 3 is 2.74 bits per heavy atom. The number of hydrogen-bond donors (Lipinski definition) is 2. The Hall–Kier alpha value is -1.53. The van der Waals surface area contributed by atoms with E-state index in [1.165, 1.54) is 0 Å². The molecular weight excluding hydrogens is 254 g/mol. The smallest absolute Gasteiger partial charge is 0.282 e. The predicted molar refractivity (Wildman–Crippen MR) is 66.0 cm³/mol. The maximum Gasteiger partial charge on any atom is 0.282 e. The number of carbonyl (C=O) groups excluding carboxylic acids is 1. The van der Waals surface area contributed by atoms with Gasteiger partial charge in [-0.2, -0.15) is 0 Å². The van der Waals surface area contributed by atoms with Crippen LogP contribution in [-0.2, 0) is 9.53 Å². The molecule has 1 amide bonds. The first-order chi connectivity index (χ1) is 9.08. The van der Waals surface area contributed by atoms with Crippen molar-refractivity contribution in [3.8, 4) is 0 Å². The van der Waals surface area contributed by atoms with Gasteiger partial charge in [-0.15, -0.1) is 0 Å². The van der Waals surface area contributed by atoms with Crippen molar-refractivity contribution in [1.29, 1.82) is 0 Å². The van der Waals surface area contributed by atoms with E-state index in [0.29, 0.717) is 13.2 Å². The van der Waals surface area contributed by atoms with Crippen LogP contribution < -0.4 is 10.2 Å². The van der Waals surface area contributed by atoms with Crippen molar-refractivity contribution in [3.63, 3.8) is 0 Å². The quantitative estimate of drug-likeness (QED) is 0.825. The van der Waals surface area contributed by atoms with Crippen LogP contribution in [0.2, 0.25) is 0 Å². The fraction of sp³-hybridized carbons (Fsp3) is 0.462. The molecule has 0 aromatic heterocycles. The van der Waals surface area contributed by atoms with Gasteiger partial charge < -0.3 is 15.0 Å². The Balaban J connectivity index is 2.01. The molecule has 4 nitrogen and oxygen atoms in total. The summed E-state index contributed by atoms with van der Waals surface area (Å²) >= 11 is 0. The molecule has 1 aromatic carbocycles. The number of halogens is 2. The average molecular weight is 271 g/mol. The maximum absolute atomic E-state index is 13.4. The van der Waals surface area contributed by atoms with Crippen LogP contribution in [0.15, 0.2) is 18.2 Å². The van der Waals surface area contributed by atoms with Crippen LogP contribution in [0.5, 0.6) is 0 Å². The number of carbonyl (C=O) groups is 1. The van der Waals surface area contributed by atoms with Crippen molar-refractivity contribution < 1.29 is 23.2 Å². The summed E-state index contributed by atoms with van der Waals surface area (Å²) in [6.07, 6.45) is 0. The van der Waals surface area contributed by atoms with Gasteiger partial charge in [-0.1, -0.05) is 0 Å². The zero-order chi connectivity index (χ0) is 13.8. The van der Waals surface area contributed by atoms with Crippen LogP contribution in [-0.4, -0.2) is 38.3 Å². The largest absolute Gasteiger partial charge is 0.370 e. The second-order valence-electron chi connectivity index (χ2n) is 4.61. The van der Waals surface area contributed by atoms with Gasteiger partial charge >= 0.3 is 0 Å². The van der Waals surface area contributed by atoms with Crippen LogP contribution in [0.3, 0.4) is 0 Å². The molecule has 0 unspecified atom stereocenters. The van der Waals surface area contributed by atoms with Gasteiger partial charge in [0, 0.05) is 6.07 Å². The third-order valence-electron chi connectivity index (χ3n) is 3.33. The molecule has 0 aliphatic carbocycles. The van der Waals surface area contributed by atoms with E-state index in [0.717, 1.165) is 36.2 Å². The summed E-state index contributed by atoms with van der Waals surface area (Å²) in [5.41, 5.74) is -0.121. The first kappa shape index (κ1) is 13.9. The van der Waals surface area contributed by atoms with Crippen molar-refractivity contribution in [3.05, 3.63) is 29.8 Å². The highest BCUT2D eigenvalue weighted by Crippen LogP contribution is 2.15. The maximum atomic E-state index is 13.4. The molecule has 19 heavy (non-hydrogen) atoms. The molecule has 1 heterocycles. The minimum Gasteiger partial charge on any atom is -0.370 e. The van der Waals surface area contributed by atoms with E-state index in [1.807, 2.05) is 0 Å². The van der Waals surface area contributed by atoms with Crippen LogP contribution in [0.4, 0.5) is 14.5 Å². The van der Waals surface area contributed by atoms with E-state index in [4.69, 9.17) is 4.74 Å². The molecule has 104 valence electrons. The van der Waals surface area contributed by atoms with Crippen LogP contribution >= 0.6 is 0 Å². The van der Waals surface area contributed by atoms with Crippen LogP contribution in [0, 0.1) is 11.6 Å². The van der Waals surface area contributed by atoms with E-state index >= 15 is 0 Å². The Bertz CT molecular complexity index is 462. The average Bonchev–Trinajstić information content (AvgIpc) is 2.43. The fourth-order valence-corrected chi connectivity index (χ4v) is 2.09. The zero-order valence-electron chi connectivity index (χ0n) is 10.7. The topological polar surface area (TPSA) is 42.8 Å². The molecule has 0 radical (unpaired) electrons. The minimum atomic E-state index is -0.640. The lowest BCUT2D eigenvalue weighted by Crippen LogP contribution is -3.18. The summed E-state index contributed by atoms with van der Waals surface area (Å²) in [5, 5.41) is 2.43. The molecule has 2 N–H and O–H groups in total. The summed E-state index contributed by atoms with van der Waals surface area (Å²) in [6, 6.07) is 2.67. The number of amides is 1. The van der Waals surface area contributed by atoms with Gasteiger partial charge in [-0.25, -0.2) is 8.78 Å². The second-order valence-corrected chi connectivity index (χ2v) is 4.61.